The third-order valence-corrected chi connectivity index (χ3v) is 3.14. The van der Waals surface area contributed by atoms with Gasteiger partial charge in [-0.15, -0.1) is 0 Å². The van der Waals surface area contributed by atoms with Crippen molar-refractivity contribution in [3.05, 3.63) is 18.2 Å². The van der Waals surface area contributed by atoms with Gasteiger partial charge in [-0.2, -0.15) is 0 Å². The molecule has 1 fully saturated rings. The number of imidazole rings is 1. The lowest BCUT2D eigenvalue weighted by molar-refractivity contribution is -0.148. The molecule has 1 saturated carbocycles. The molecule has 0 aromatic carbocycles. The number of hydrogen-bond donors (Lipinski definition) is 2. The van der Waals surface area contributed by atoms with Gasteiger partial charge in [0.05, 0.1) is 12.0 Å². The van der Waals surface area contributed by atoms with Crippen LogP contribution in [-0.4, -0.2) is 26.2 Å². The highest BCUT2D eigenvalue weighted by Crippen LogP contribution is 2.32. The molecule has 1 aliphatic carbocycles. The minimum Gasteiger partial charge on any atom is -0.480 e. The van der Waals surface area contributed by atoms with Crippen molar-refractivity contribution in [2.45, 2.75) is 31.3 Å². The Balaban J connectivity index is 1.98. The van der Waals surface area contributed by atoms with Gasteiger partial charge in [-0.3, -0.25) is 10.1 Å². The minimum absolute atomic E-state index is 0.558. The van der Waals surface area contributed by atoms with Crippen LogP contribution in [0.3, 0.4) is 0 Å². The highest BCUT2D eigenvalue weighted by atomic mass is 16.4. The minimum atomic E-state index is -0.740. The molecule has 0 saturated heterocycles. The third-order valence-electron chi connectivity index (χ3n) is 3.14. The molecule has 2 N–H and O–H groups in total. The summed E-state index contributed by atoms with van der Waals surface area (Å²) in [5.41, 5.74) is 0.312. The van der Waals surface area contributed by atoms with Crippen LogP contribution in [0.4, 0.5) is 0 Å². The summed E-state index contributed by atoms with van der Waals surface area (Å²) < 4.78 is 1.89. The topological polar surface area (TPSA) is 67.2 Å². The molecule has 2 rings (SSSR count). The Morgan fingerprint density at radius 2 is 2.47 bits per heavy atom. The van der Waals surface area contributed by atoms with Gasteiger partial charge in [0.15, 0.2) is 0 Å². The van der Waals surface area contributed by atoms with E-state index in [1.165, 1.54) is 0 Å². The van der Waals surface area contributed by atoms with Crippen LogP contribution in [0, 0.1) is 0 Å². The second-order valence-corrected chi connectivity index (χ2v) is 4.09. The zero-order valence-corrected chi connectivity index (χ0v) is 8.73. The Hall–Kier alpha value is -1.36. The molecule has 1 aromatic rings. The molecule has 0 amide bonds. The van der Waals surface area contributed by atoms with Crippen LogP contribution < -0.4 is 5.32 Å². The number of carboxylic acids is 1. The fourth-order valence-electron chi connectivity index (χ4n) is 1.81. The van der Waals surface area contributed by atoms with E-state index >= 15 is 0 Å². The standard InChI is InChI=1S/C10H15N3O2/c1-13-7-11-5-8(13)6-12-10(9(14)15)3-2-4-10/h5,7,12H,2-4,6H2,1H3,(H,14,15). The number of nitrogens with one attached hydrogen (secondary N) is 1. The maximum Gasteiger partial charge on any atom is 0.323 e. The molecule has 15 heavy (non-hydrogen) atoms. The van der Waals surface area contributed by atoms with Crippen LogP contribution in [-0.2, 0) is 18.4 Å². The van der Waals surface area contributed by atoms with E-state index < -0.39 is 11.5 Å². The van der Waals surface area contributed by atoms with Gasteiger partial charge in [0.2, 0.25) is 0 Å². The number of aliphatic carboxylic acids is 1. The van der Waals surface area contributed by atoms with Crippen LogP contribution in [0.1, 0.15) is 25.0 Å². The van der Waals surface area contributed by atoms with E-state index in [1.54, 1.807) is 12.5 Å². The number of rotatable bonds is 4. The van der Waals surface area contributed by atoms with Crippen LogP contribution >= 0.6 is 0 Å². The average Bonchev–Trinajstić information content (AvgIpc) is 2.49. The summed E-state index contributed by atoms with van der Waals surface area (Å²) in [6.45, 7) is 0.558. The normalized spacial score (nSPS) is 18.5. The Morgan fingerprint density at radius 3 is 2.87 bits per heavy atom. The van der Waals surface area contributed by atoms with Gasteiger partial charge in [0.1, 0.15) is 5.54 Å². The first-order chi connectivity index (χ1) is 7.14. The molecule has 0 unspecified atom stereocenters. The number of hydrogen-bond acceptors (Lipinski definition) is 3. The Morgan fingerprint density at radius 1 is 1.73 bits per heavy atom. The Labute approximate surface area is 88.1 Å². The fraction of sp³-hybridized carbons (Fsp3) is 0.600. The van der Waals surface area contributed by atoms with E-state index in [4.69, 9.17) is 5.11 Å². The van der Waals surface area contributed by atoms with Gasteiger partial charge in [-0.1, -0.05) is 0 Å². The first-order valence-corrected chi connectivity index (χ1v) is 5.08. The molecular formula is C10H15N3O2. The monoisotopic (exact) mass is 209 g/mol. The second-order valence-electron chi connectivity index (χ2n) is 4.09. The molecular weight excluding hydrogens is 194 g/mol. The van der Waals surface area contributed by atoms with E-state index in [0.717, 1.165) is 25.0 Å². The second kappa shape index (κ2) is 3.66. The largest absolute Gasteiger partial charge is 0.480 e. The summed E-state index contributed by atoms with van der Waals surface area (Å²) in [4.78, 5) is 15.0. The summed E-state index contributed by atoms with van der Waals surface area (Å²) in [7, 11) is 1.90. The molecule has 1 aliphatic rings. The molecule has 0 spiro atoms. The average molecular weight is 209 g/mol. The SMILES string of the molecule is Cn1cncc1CNC1(C(=O)O)CCC1. The van der Waals surface area contributed by atoms with Gasteiger partial charge >= 0.3 is 5.97 Å². The lowest BCUT2D eigenvalue weighted by Crippen LogP contribution is -2.56. The van der Waals surface area contributed by atoms with Crippen molar-refractivity contribution in [3.63, 3.8) is 0 Å². The number of aromatic nitrogens is 2. The van der Waals surface area contributed by atoms with E-state index in [1.807, 2.05) is 11.6 Å². The Bertz CT molecular complexity index is 368. The van der Waals surface area contributed by atoms with Crippen molar-refractivity contribution >= 4 is 5.97 Å². The van der Waals surface area contributed by atoms with Gasteiger partial charge in [-0.05, 0) is 19.3 Å². The molecule has 0 aliphatic heterocycles. The van der Waals surface area contributed by atoms with Gasteiger partial charge in [-0.25, -0.2) is 4.98 Å². The predicted octanol–water partition coefficient (Wildman–Crippen LogP) is 0.517. The summed E-state index contributed by atoms with van der Waals surface area (Å²) in [6.07, 6.45) is 5.90. The molecule has 82 valence electrons. The first kappa shape index (κ1) is 10.2. The number of carboxylic acid groups (broad SMARTS) is 1. The summed E-state index contributed by atoms with van der Waals surface area (Å²) in [5, 5.41) is 12.2. The van der Waals surface area contributed by atoms with Crippen LogP contribution in [0.2, 0.25) is 0 Å². The highest BCUT2D eigenvalue weighted by molar-refractivity contribution is 5.79. The molecule has 5 heteroatoms. The molecule has 0 atom stereocenters. The molecule has 5 nitrogen and oxygen atoms in total. The van der Waals surface area contributed by atoms with Crippen molar-refractivity contribution in [2.75, 3.05) is 0 Å². The van der Waals surface area contributed by atoms with E-state index in [0.29, 0.717) is 6.54 Å². The molecule has 0 radical (unpaired) electrons. The van der Waals surface area contributed by atoms with Crippen LogP contribution in [0.15, 0.2) is 12.5 Å². The fourth-order valence-corrected chi connectivity index (χ4v) is 1.81. The number of nitrogens with zero attached hydrogens (tertiary/aromatic N) is 2. The highest BCUT2D eigenvalue weighted by Gasteiger charge is 2.43. The zero-order valence-electron chi connectivity index (χ0n) is 8.73. The molecule has 1 heterocycles. The Kier molecular flexibility index (Phi) is 2.48. The van der Waals surface area contributed by atoms with E-state index in [9.17, 15) is 4.79 Å². The summed E-state index contributed by atoms with van der Waals surface area (Å²) >= 11 is 0. The number of aryl methyl sites for hydroxylation is 1. The smallest absolute Gasteiger partial charge is 0.323 e. The molecule has 0 bridgehead atoms. The predicted molar refractivity (Wildman–Crippen MR) is 54.3 cm³/mol. The first-order valence-electron chi connectivity index (χ1n) is 5.08. The van der Waals surface area contributed by atoms with Gasteiger partial charge in [0, 0.05) is 19.8 Å². The quantitative estimate of drug-likeness (QED) is 0.758. The third kappa shape index (κ3) is 1.74. The van der Waals surface area contributed by atoms with Crippen LogP contribution in [0.5, 0.6) is 0 Å². The van der Waals surface area contributed by atoms with Crippen molar-refractivity contribution in [3.8, 4) is 0 Å². The zero-order chi connectivity index (χ0) is 10.9. The lowest BCUT2D eigenvalue weighted by atomic mass is 9.77. The van der Waals surface area contributed by atoms with Crippen LogP contribution in [0.25, 0.3) is 0 Å². The maximum atomic E-state index is 11.1. The van der Waals surface area contributed by atoms with E-state index in [-0.39, 0.29) is 0 Å². The van der Waals surface area contributed by atoms with Gasteiger partial charge < -0.3 is 9.67 Å². The van der Waals surface area contributed by atoms with Gasteiger partial charge in [0.25, 0.3) is 0 Å². The van der Waals surface area contributed by atoms with Crippen molar-refractivity contribution in [1.82, 2.24) is 14.9 Å². The van der Waals surface area contributed by atoms with E-state index in [2.05, 4.69) is 10.3 Å². The summed E-state index contributed by atoms with van der Waals surface area (Å²) in [5.74, 6) is -0.740. The lowest BCUT2D eigenvalue weighted by Gasteiger charge is -2.38. The summed E-state index contributed by atoms with van der Waals surface area (Å²) in [6, 6.07) is 0. The van der Waals surface area contributed by atoms with Crippen molar-refractivity contribution in [1.29, 1.82) is 0 Å². The maximum absolute atomic E-state index is 11.1. The molecule has 1 aromatic heterocycles. The number of carbonyl (C=O) groups is 1. The van der Waals surface area contributed by atoms with Crippen molar-refractivity contribution < 1.29 is 9.90 Å². The van der Waals surface area contributed by atoms with Crippen molar-refractivity contribution in [2.24, 2.45) is 7.05 Å².